The van der Waals surface area contributed by atoms with E-state index < -0.39 is 0 Å². The molecule has 0 spiro atoms. The lowest BCUT2D eigenvalue weighted by molar-refractivity contribution is 0.0536. The van der Waals surface area contributed by atoms with Crippen LogP contribution in [0.1, 0.15) is 31.2 Å². The zero-order chi connectivity index (χ0) is 12.3. The number of ether oxygens (including phenoxy) is 1. The second kappa shape index (κ2) is 5.39. The molecular formula is C13H14ClNO2. The van der Waals surface area contributed by atoms with Gasteiger partial charge in [0.05, 0.1) is 16.7 Å². The molecule has 3 nitrogen and oxygen atoms in total. The summed E-state index contributed by atoms with van der Waals surface area (Å²) >= 11 is 5.92. The van der Waals surface area contributed by atoms with E-state index in [1.165, 1.54) is 0 Å². The van der Waals surface area contributed by atoms with Crippen molar-refractivity contribution < 1.29 is 9.84 Å². The van der Waals surface area contributed by atoms with Crippen molar-refractivity contribution in [3.8, 4) is 11.8 Å². The maximum atomic E-state index is 9.55. The summed E-state index contributed by atoms with van der Waals surface area (Å²) in [7, 11) is 0. The number of aliphatic hydroxyl groups is 1. The highest BCUT2D eigenvalue weighted by molar-refractivity contribution is 6.31. The Balaban J connectivity index is 2.04. The van der Waals surface area contributed by atoms with Crippen molar-refractivity contribution in [1.29, 1.82) is 5.26 Å². The summed E-state index contributed by atoms with van der Waals surface area (Å²) in [5.41, 5.74) is 0.447. The lowest BCUT2D eigenvalue weighted by Crippen LogP contribution is -2.28. The molecule has 0 aromatic heterocycles. The monoisotopic (exact) mass is 251 g/mol. The van der Waals surface area contributed by atoms with E-state index in [4.69, 9.17) is 21.6 Å². The second-order valence-corrected chi connectivity index (χ2v) is 4.72. The highest BCUT2D eigenvalue weighted by Crippen LogP contribution is 2.27. The van der Waals surface area contributed by atoms with E-state index in [0.29, 0.717) is 22.8 Å². The molecule has 1 saturated carbocycles. The van der Waals surface area contributed by atoms with Crippen LogP contribution < -0.4 is 4.74 Å². The number of aliphatic hydroxyl groups excluding tert-OH is 1. The van der Waals surface area contributed by atoms with Gasteiger partial charge in [-0.05, 0) is 31.4 Å². The molecule has 0 bridgehead atoms. The molecule has 0 aliphatic heterocycles. The Labute approximate surface area is 106 Å². The number of nitriles is 1. The zero-order valence-electron chi connectivity index (χ0n) is 9.40. The van der Waals surface area contributed by atoms with E-state index in [1.54, 1.807) is 18.2 Å². The standard InChI is InChI=1S/C13H14ClNO2/c14-13-7-12(5-4-9(13)8-15)17-11-3-1-2-10(16)6-11/h4-5,7,10-11,16H,1-3,6H2/t10-,11?/m1/s1. The quantitative estimate of drug-likeness (QED) is 0.879. The topological polar surface area (TPSA) is 53.2 Å². The van der Waals surface area contributed by atoms with Gasteiger partial charge in [0.1, 0.15) is 17.9 Å². The number of benzene rings is 1. The molecule has 2 atom stereocenters. The van der Waals surface area contributed by atoms with Gasteiger partial charge in [0.15, 0.2) is 0 Å². The Kier molecular flexibility index (Phi) is 3.88. The number of nitrogens with zero attached hydrogens (tertiary/aromatic N) is 1. The molecule has 90 valence electrons. The summed E-state index contributed by atoms with van der Waals surface area (Å²) in [5, 5.41) is 18.7. The average molecular weight is 252 g/mol. The molecule has 4 heteroatoms. The minimum atomic E-state index is -0.261. The smallest absolute Gasteiger partial charge is 0.121 e. The Morgan fingerprint density at radius 2 is 2.24 bits per heavy atom. The first-order valence-corrected chi connectivity index (χ1v) is 6.11. The number of rotatable bonds is 2. The Morgan fingerprint density at radius 1 is 1.41 bits per heavy atom. The second-order valence-electron chi connectivity index (χ2n) is 4.31. The first kappa shape index (κ1) is 12.2. The van der Waals surface area contributed by atoms with Crippen LogP contribution in [0.5, 0.6) is 5.75 Å². The minimum Gasteiger partial charge on any atom is -0.490 e. The fourth-order valence-corrected chi connectivity index (χ4v) is 2.29. The van der Waals surface area contributed by atoms with Gasteiger partial charge in [-0.3, -0.25) is 0 Å². The van der Waals surface area contributed by atoms with Gasteiger partial charge in [-0.2, -0.15) is 5.26 Å². The van der Waals surface area contributed by atoms with Crippen LogP contribution in [0, 0.1) is 11.3 Å². The third kappa shape index (κ3) is 3.12. The van der Waals surface area contributed by atoms with E-state index in [-0.39, 0.29) is 12.2 Å². The van der Waals surface area contributed by atoms with Crippen LogP contribution in [0.3, 0.4) is 0 Å². The SMILES string of the molecule is N#Cc1ccc(OC2CCC[C@@H](O)C2)cc1Cl. The van der Waals surface area contributed by atoms with Crippen LogP contribution in [-0.4, -0.2) is 17.3 Å². The van der Waals surface area contributed by atoms with E-state index >= 15 is 0 Å². The molecule has 1 aromatic rings. The third-order valence-electron chi connectivity index (χ3n) is 2.96. The van der Waals surface area contributed by atoms with Crippen molar-refractivity contribution in [3.05, 3.63) is 28.8 Å². The van der Waals surface area contributed by atoms with E-state index in [9.17, 15) is 5.11 Å². The van der Waals surface area contributed by atoms with Gasteiger partial charge in [0.25, 0.3) is 0 Å². The molecule has 0 saturated heterocycles. The highest BCUT2D eigenvalue weighted by atomic mass is 35.5. The van der Waals surface area contributed by atoms with Crippen LogP contribution in [0.2, 0.25) is 5.02 Å². The van der Waals surface area contributed by atoms with Gasteiger partial charge in [0.2, 0.25) is 0 Å². The van der Waals surface area contributed by atoms with Gasteiger partial charge in [0, 0.05) is 12.5 Å². The number of hydrogen-bond donors (Lipinski definition) is 1. The van der Waals surface area contributed by atoms with E-state index in [1.807, 2.05) is 6.07 Å². The normalized spacial score (nSPS) is 24.1. The first-order valence-electron chi connectivity index (χ1n) is 5.73. The molecule has 0 amide bonds. The van der Waals surface area contributed by atoms with Crippen molar-refractivity contribution in [3.63, 3.8) is 0 Å². The number of hydrogen-bond acceptors (Lipinski definition) is 3. The van der Waals surface area contributed by atoms with Crippen LogP contribution in [0.4, 0.5) is 0 Å². The Bertz CT molecular complexity index is 442. The predicted molar refractivity (Wildman–Crippen MR) is 65.1 cm³/mol. The Hall–Kier alpha value is -1.24. The molecule has 0 heterocycles. The van der Waals surface area contributed by atoms with E-state index in [2.05, 4.69) is 0 Å². The van der Waals surface area contributed by atoms with Crippen molar-refractivity contribution >= 4 is 11.6 Å². The largest absolute Gasteiger partial charge is 0.490 e. The summed E-state index contributed by atoms with van der Waals surface area (Å²) in [4.78, 5) is 0. The predicted octanol–water partition coefficient (Wildman–Crippen LogP) is 2.89. The van der Waals surface area contributed by atoms with Crippen molar-refractivity contribution in [1.82, 2.24) is 0 Å². The lowest BCUT2D eigenvalue weighted by atomic mass is 9.95. The van der Waals surface area contributed by atoms with Crippen LogP contribution in [0.25, 0.3) is 0 Å². The third-order valence-corrected chi connectivity index (χ3v) is 3.27. The molecule has 1 aromatic carbocycles. The molecule has 0 radical (unpaired) electrons. The molecule has 17 heavy (non-hydrogen) atoms. The molecular weight excluding hydrogens is 238 g/mol. The molecule has 1 N–H and O–H groups in total. The minimum absolute atomic E-state index is 0.0442. The summed E-state index contributed by atoms with van der Waals surface area (Å²) in [6.45, 7) is 0. The maximum absolute atomic E-state index is 9.55. The maximum Gasteiger partial charge on any atom is 0.121 e. The summed E-state index contributed by atoms with van der Waals surface area (Å²) in [6.07, 6.45) is 3.24. The van der Waals surface area contributed by atoms with Gasteiger partial charge in [-0.1, -0.05) is 11.6 Å². The van der Waals surface area contributed by atoms with Crippen LogP contribution in [0.15, 0.2) is 18.2 Å². The van der Waals surface area contributed by atoms with Crippen molar-refractivity contribution in [2.45, 2.75) is 37.9 Å². The number of halogens is 1. The van der Waals surface area contributed by atoms with Gasteiger partial charge >= 0.3 is 0 Å². The van der Waals surface area contributed by atoms with Crippen molar-refractivity contribution in [2.75, 3.05) is 0 Å². The molecule has 1 fully saturated rings. The zero-order valence-corrected chi connectivity index (χ0v) is 10.2. The first-order chi connectivity index (χ1) is 8.19. The summed E-state index contributed by atoms with van der Waals surface area (Å²) in [5.74, 6) is 0.660. The summed E-state index contributed by atoms with van der Waals surface area (Å²) < 4.78 is 5.75. The van der Waals surface area contributed by atoms with E-state index in [0.717, 1.165) is 19.3 Å². The van der Waals surface area contributed by atoms with Crippen molar-refractivity contribution in [2.24, 2.45) is 0 Å². The summed E-state index contributed by atoms with van der Waals surface area (Å²) in [6, 6.07) is 7.05. The highest BCUT2D eigenvalue weighted by Gasteiger charge is 2.21. The Morgan fingerprint density at radius 3 is 2.88 bits per heavy atom. The lowest BCUT2D eigenvalue weighted by Gasteiger charge is -2.26. The fraction of sp³-hybridized carbons (Fsp3) is 0.462. The van der Waals surface area contributed by atoms with Gasteiger partial charge < -0.3 is 9.84 Å². The molecule has 1 unspecified atom stereocenters. The molecule has 2 rings (SSSR count). The average Bonchev–Trinajstić information content (AvgIpc) is 2.29. The van der Waals surface area contributed by atoms with Crippen LogP contribution in [-0.2, 0) is 0 Å². The fourth-order valence-electron chi connectivity index (χ4n) is 2.08. The van der Waals surface area contributed by atoms with Gasteiger partial charge in [-0.25, -0.2) is 0 Å². The molecule has 1 aliphatic rings. The van der Waals surface area contributed by atoms with Crippen LogP contribution >= 0.6 is 11.6 Å². The molecule has 1 aliphatic carbocycles. The van der Waals surface area contributed by atoms with Gasteiger partial charge in [-0.15, -0.1) is 0 Å².